The Labute approximate surface area is 106 Å². The molecule has 0 aliphatic carbocycles. The second-order valence-corrected chi connectivity index (χ2v) is 4.07. The molecule has 0 aliphatic rings. The zero-order valence-electron chi connectivity index (χ0n) is 10.7. The molecule has 0 bridgehead atoms. The lowest BCUT2D eigenvalue weighted by molar-refractivity contribution is -0.134. The van der Waals surface area contributed by atoms with Crippen LogP contribution in [0.4, 0.5) is 0 Å². The molecule has 4 nitrogen and oxygen atoms in total. The summed E-state index contributed by atoms with van der Waals surface area (Å²) in [6.45, 7) is 5.47. The van der Waals surface area contributed by atoms with Crippen LogP contribution in [-0.4, -0.2) is 11.0 Å². The van der Waals surface area contributed by atoms with Crippen LogP contribution in [0.5, 0.6) is 5.88 Å². The Bertz CT molecular complexity index is 555. The molecule has 0 amide bonds. The molecule has 2 rings (SSSR count). The van der Waals surface area contributed by atoms with Gasteiger partial charge in [-0.15, -0.1) is 0 Å². The second-order valence-electron chi connectivity index (χ2n) is 4.07. The smallest absolute Gasteiger partial charge is 0.312 e. The van der Waals surface area contributed by atoms with Gasteiger partial charge in [0.1, 0.15) is 0 Å². The highest BCUT2D eigenvalue weighted by Crippen LogP contribution is 2.26. The van der Waals surface area contributed by atoms with Crippen LogP contribution in [0.25, 0.3) is 11.5 Å². The van der Waals surface area contributed by atoms with E-state index in [9.17, 15) is 4.79 Å². The monoisotopic (exact) mass is 245 g/mol. The summed E-state index contributed by atoms with van der Waals surface area (Å²) in [5.41, 5.74) is 2.03. The van der Waals surface area contributed by atoms with Crippen LogP contribution in [0.3, 0.4) is 0 Å². The number of aryl methyl sites for hydroxylation is 2. The van der Waals surface area contributed by atoms with Gasteiger partial charge in [-0.25, -0.2) is 0 Å². The maximum Gasteiger partial charge on any atom is 0.312 e. The van der Waals surface area contributed by atoms with Gasteiger partial charge in [-0.2, -0.15) is 4.98 Å². The Morgan fingerprint density at radius 3 is 2.56 bits per heavy atom. The van der Waals surface area contributed by atoms with Crippen LogP contribution in [0.2, 0.25) is 0 Å². The molecule has 0 unspecified atom stereocenters. The van der Waals surface area contributed by atoms with Crippen molar-refractivity contribution >= 4 is 5.97 Å². The molecule has 4 heteroatoms. The van der Waals surface area contributed by atoms with E-state index in [4.69, 9.17) is 9.15 Å². The van der Waals surface area contributed by atoms with Gasteiger partial charge in [0.25, 0.3) is 5.88 Å². The summed E-state index contributed by atoms with van der Waals surface area (Å²) < 4.78 is 10.6. The molecule has 94 valence electrons. The van der Waals surface area contributed by atoms with E-state index >= 15 is 0 Å². The Balaban J connectivity index is 2.28. The predicted octanol–water partition coefficient (Wildman–Crippen LogP) is 3.27. The first-order valence-corrected chi connectivity index (χ1v) is 5.85. The zero-order chi connectivity index (χ0) is 13.1. The molecule has 0 saturated carbocycles. The Kier molecular flexibility index (Phi) is 3.46. The van der Waals surface area contributed by atoms with Gasteiger partial charge < -0.3 is 9.15 Å². The van der Waals surface area contributed by atoms with Crippen LogP contribution in [0.1, 0.15) is 24.7 Å². The van der Waals surface area contributed by atoms with Gasteiger partial charge >= 0.3 is 5.97 Å². The minimum Gasteiger partial charge on any atom is -0.437 e. The summed E-state index contributed by atoms with van der Waals surface area (Å²) in [6, 6.07) is 7.80. The summed E-state index contributed by atoms with van der Waals surface area (Å²) in [5, 5.41) is 0. The number of carbonyl (C=O) groups is 1. The fourth-order valence-electron chi connectivity index (χ4n) is 1.48. The van der Waals surface area contributed by atoms with E-state index in [0.29, 0.717) is 18.1 Å². The number of esters is 1. The predicted molar refractivity (Wildman–Crippen MR) is 67.3 cm³/mol. The molecule has 0 N–H and O–H groups in total. The summed E-state index contributed by atoms with van der Waals surface area (Å²) in [6.07, 6.45) is 0.312. The molecule has 0 saturated heterocycles. The summed E-state index contributed by atoms with van der Waals surface area (Å²) in [7, 11) is 0. The summed E-state index contributed by atoms with van der Waals surface area (Å²) in [4.78, 5) is 15.4. The van der Waals surface area contributed by atoms with Gasteiger partial charge in [0.05, 0.1) is 0 Å². The average Bonchev–Trinajstić information content (AvgIpc) is 2.71. The molecule has 1 aromatic carbocycles. The summed E-state index contributed by atoms with van der Waals surface area (Å²) in [5.74, 6) is 0.901. The zero-order valence-corrected chi connectivity index (χ0v) is 10.7. The fraction of sp³-hybridized carbons (Fsp3) is 0.286. The van der Waals surface area contributed by atoms with E-state index in [-0.39, 0.29) is 11.8 Å². The SMILES string of the molecule is CCC(=O)Oc1nc(-c2ccc(C)cc2)oc1C. The lowest BCUT2D eigenvalue weighted by Gasteiger charge is -1.96. The van der Waals surface area contributed by atoms with Gasteiger partial charge in [0, 0.05) is 12.0 Å². The minimum absolute atomic E-state index is 0.248. The lowest BCUT2D eigenvalue weighted by Crippen LogP contribution is -2.06. The first-order valence-electron chi connectivity index (χ1n) is 5.85. The van der Waals surface area contributed by atoms with Crippen molar-refractivity contribution in [1.29, 1.82) is 0 Å². The quantitative estimate of drug-likeness (QED) is 0.779. The van der Waals surface area contributed by atoms with Crippen molar-refractivity contribution in [2.24, 2.45) is 0 Å². The topological polar surface area (TPSA) is 52.3 Å². The molecule has 1 aromatic heterocycles. The van der Waals surface area contributed by atoms with Crippen LogP contribution in [0, 0.1) is 13.8 Å². The van der Waals surface area contributed by atoms with Crippen molar-refractivity contribution < 1.29 is 13.9 Å². The standard InChI is InChI=1S/C14H15NO3/c1-4-12(16)18-13-10(3)17-14(15-13)11-7-5-9(2)6-8-11/h5-8H,4H2,1-3H3. The van der Waals surface area contributed by atoms with E-state index in [1.165, 1.54) is 5.56 Å². The average molecular weight is 245 g/mol. The van der Waals surface area contributed by atoms with E-state index in [0.717, 1.165) is 5.56 Å². The number of hydrogen-bond acceptors (Lipinski definition) is 4. The van der Waals surface area contributed by atoms with E-state index in [1.807, 2.05) is 31.2 Å². The van der Waals surface area contributed by atoms with E-state index in [1.54, 1.807) is 13.8 Å². The number of ether oxygens (including phenoxy) is 1. The third-order valence-electron chi connectivity index (χ3n) is 2.55. The van der Waals surface area contributed by atoms with Gasteiger partial charge in [-0.05, 0) is 26.0 Å². The van der Waals surface area contributed by atoms with Crippen molar-refractivity contribution in [3.8, 4) is 17.3 Å². The molecule has 0 radical (unpaired) electrons. The van der Waals surface area contributed by atoms with Crippen molar-refractivity contribution in [2.75, 3.05) is 0 Å². The highest BCUT2D eigenvalue weighted by atomic mass is 16.6. The van der Waals surface area contributed by atoms with Crippen molar-refractivity contribution in [2.45, 2.75) is 27.2 Å². The second kappa shape index (κ2) is 5.04. The molecule has 2 aromatic rings. The Hall–Kier alpha value is -2.10. The highest BCUT2D eigenvalue weighted by molar-refractivity contribution is 5.71. The van der Waals surface area contributed by atoms with Gasteiger partial charge in [-0.1, -0.05) is 24.6 Å². The van der Waals surface area contributed by atoms with Crippen molar-refractivity contribution in [3.63, 3.8) is 0 Å². The third kappa shape index (κ3) is 2.59. The van der Waals surface area contributed by atoms with Gasteiger partial charge in [0.15, 0.2) is 5.76 Å². The third-order valence-corrected chi connectivity index (χ3v) is 2.55. The van der Waals surface area contributed by atoms with Crippen molar-refractivity contribution in [1.82, 2.24) is 4.98 Å². The van der Waals surface area contributed by atoms with E-state index < -0.39 is 0 Å². The number of oxazole rings is 1. The molecule has 1 heterocycles. The first kappa shape index (κ1) is 12.4. The molecule has 0 atom stereocenters. The Morgan fingerprint density at radius 1 is 1.28 bits per heavy atom. The first-order chi connectivity index (χ1) is 8.60. The van der Waals surface area contributed by atoms with E-state index in [2.05, 4.69) is 4.98 Å². The molecular weight excluding hydrogens is 230 g/mol. The maximum atomic E-state index is 11.2. The van der Waals surface area contributed by atoms with Crippen molar-refractivity contribution in [3.05, 3.63) is 35.6 Å². The number of benzene rings is 1. The number of rotatable bonds is 3. The van der Waals surface area contributed by atoms with Crippen LogP contribution in [-0.2, 0) is 4.79 Å². The van der Waals surface area contributed by atoms with Crippen LogP contribution < -0.4 is 4.74 Å². The number of nitrogens with zero attached hydrogens (tertiary/aromatic N) is 1. The largest absolute Gasteiger partial charge is 0.437 e. The lowest BCUT2D eigenvalue weighted by atomic mass is 10.1. The molecule has 0 spiro atoms. The highest BCUT2D eigenvalue weighted by Gasteiger charge is 2.14. The van der Waals surface area contributed by atoms with Crippen LogP contribution >= 0.6 is 0 Å². The molecule has 18 heavy (non-hydrogen) atoms. The number of aromatic nitrogens is 1. The molecule has 0 fully saturated rings. The minimum atomic E-state index is -0.318. The van der Waals surface area contributed by atoms with Crippen LogP contribution in [0.15, 0.2) is 28.7 Å². The normalized spacial score (nSPS) is 10.4. The summed E-state index contributed by atoms with van der Waals surface area (Å²) >= 11 is 0. The van der Waals surface area contributed by atoms with Gasteiger partial charge in [-0.3, -0.25) is 4.79 Å². The molecule has 0 aliphatic heterocycles. The Morgan fingerprint density at radius 2 is 1.94 bits per heavy atom. The number of hydrogen-bond donors (Lipinski definition) is 0. The number of carbonyl (C=O) groups excluding carboxylic acids is 1. The van der Waals surface area contributed by atoms with Gasteiger partial charge in [0.2, 0.25) is 5.89 Å². The molecular formula is C14H15NO3. The maximum absolute atomic E-state index is 11.2. The fourth-order valence-corrected chi connectivity index (χ4v) is 1.48.